The number of fused-ring (bicyclic) bond motifs is 2. The number of nitrogens with zero attached hydrogens (tertiary/aromatic N) is 4. The highest BCUT2D eigenvalue weighted by molar-refractivity contribution is 5.69. The first-order chi connectivity index (χ1) is 15.0. The van der Waals surface area contributed by atoms with E-state index in [-0.39, 0.29) is 5.41 Å². The summed E-state index contributed by atoms with van der Waals surface area (Å²) in [6, 6.07) is 7.86. The molecule has 5 rings (SSSR count). The van der Waals surface area contributed by atoms with Crippen LogP contribution >= 0.6 is 0 Å². The number of hydrogen-bond acceptors (Lipinski definition) is 8. The summed E-state index contributed by atoms with van der Waals surface area (Å²) in [5.41, 5.74) is 9.90. The maximum atomic E-state index is 8.00. The molecule has 2 aromatic heterocycles. The first-order valence-electron chi connectivity index (χ1n) is 9.99. The summed E-state index contributed by atoms with van der Waals surface area (Å²) in [7, 11) is 1.90. The van der Waals surface area contributed by atoms with Gasteiger partial charge in [0.15, 0.2) is 5.82 Å². The Bertz CT molecular complexity index is 1110. The Hall–Kier alpha value is -3.68. The summed E-state index contributed by atoms with van der Waals surface area (Å²) < 4.78 is 12.1. The van der Waals surface area contributed by atoms with Crippen LogP contribution in [0.15, 0.2) is 36.7 Å². The Balaban J connectivity index is 0.00000112. The maximum absolute atomic E-state index is 8.00. The lowest BCUT2D eigenvalue weighted by Crippen LogP contribution is -2.14. The molecule has 1 aliphatic carbocycles. The van der Waals surface area contributed by atoms with Crippen molar-refractivity contribution in [1.29, 1.82) is 0 Å². The Kier molecular flexibility index (Phi) is 5.22. The summed E-state index contributed by atoms with van der Waals surface area (Å²) in [5.74, 6) is 3.68. The number of anilines is 3. The quantitative estimate of drug-likeness (QED) is 0.680. The minimum atomic E-state index is 0.138. The Morgan fingerprint density at radius 1 is 1.13 bits per heavy atom. The van der Waals surface area contributed by atoms with Crippen LogP contribution in [0.5, 0.6) is 17.4 Å². The molecule has 0 unspecified atom stereocenters. The largest absolute Gasteiger partial charge is 0.492 e. The molecular weight excluding hydrogens is 394 g/mol. The minimum absolute atomic E-state index is 0.138. The van der Waals surface area contributed by atoms with Crippen LogP contribution in [0.25, 0.3) is 0 Å². The number of aryl methyl sites for hydroxylation is 2. The van der Waals surface area contributed by atoms with Crippen molar-refractivity contribution in [2.45, 2.75) is 32.1 Å². The fraction of sp³-hybridized carbons (Fsp3) is 0.304. The molecule has 0 atom stereocenters. The molecule has 31 heavy (non-hydrogen) atoms. The number of nitrogen functional groups attached to an aromatic ring is 1. The number of hydrogen-bond donors (Lipinski definition) is 1. The standard InChI is InChI=1S/C22H23N5O2.CH2O/c1-13-4-6-17(19-20(13)28-12-22(19)8-9-22)29-18-7-5-15(10-25-18)27(3)21-16(23)11-24-14(2)26-21;1-2/h4-7,10-11H,8-9,12,23H2,1-3H3;1H2. The van der Waals surface area contributed by atoms with Gasteiger partial charge in [0, 0.05) is 24.1 Å². The fourth-order valence-corrected chi connectivity index (χ4v) is 3.87. The number of rotatable bonds is 4. The first kappa shape index (κ1) is 20.6. The van der Waals surface area contributed by atoms with Gasteiger partial charge in [-0.2, -0.15) is 0 Å². The van der Waals surface area contributed by atoms with Gasteiger partial charge in [-0.1, -0.05) is 6.07 Å². The lowest BCUT2D eigenvalue weighted by Gasteiger charge is -2.20. The Morgan fingerprint density at radius 3 is 2.58 bits per heavy atom. The minimum Gasteiger partial charge on any atom is -0.492 e. The zero-order chi connectivity index (χ0) is 22.2. The predicted molar refractivity (Wildman–Crippen MR) is 118 cm³/mol. The van der Waals surface area contributed by atoms with Crippen LogP contribution in [-0.2, 0) is 10.2 Å². The lowest BCUT2D eigenvalue weighted by molar-refractivity contribution is -0.0979. The number of ether oxygens (including phenoxy) is 2. The van der Waals surface area contributed by atoms with Crippen LogP contribution in [0.2, 0.25) is 0 Å². The van der Waals surface area contributed by atoms with Gasteiger partial charge in [-0.3, -0.25) is 0 Å². The molecule has 160 valence electrons. The van der Waals surface area contributed by atoms with E-state index in [0.29, 0.717) is 23.2 Å². The van der Waals surface area contributed by atoms with Crippen molar-refractivity contribution in [2.24, 2.45) is 0 Å². The predicted octanol–water partition coefficient (Wildman–Crippen LogP) is 3.87. The lowest BCUT2D eigenvalue weighted by atomic mass is 9.95. The normalized spacial score (nSPS) is 14.8. The summed E-state index contributed by atoms with van der Waals surface area (Å²) in [6.45, 7) is 6.66. The molecule has 0 amide bonds. The van der Waals surface area contributed by atoms with E-state index in [2.05, 4.69) is 21.9 Å². The monoisotopic (exact) mass is 419 g/mol. The second-order valence-corrected chi connectivity index (χ2v) is 7.87. The number of nitrogens with two attached hydrogens (primary N) is 1. The molecule has 0 radical (unpaired) electrons. The van der Waals surface area contributed by atoms with E-state index in [1.807, 2.05) is 49.9 Å². The first-order valence-corrected chi connectivity index (χ1v) is 9.99. The number of carbonyl (C=O) groups excluding carboxylic acids is 1. The molecule has 2 N–H and O–H groups in total. The zero-order valence-electron chi connectivity index (χ0n) is 17.9. The van der Waals surface area contributed by atoms with Crippen LogP contribution in [-0.4, -0.2) is 35.4 Å². The summed E-state index contributed by atoms with van der Waals surface area (Å²) in [4.78, 5) is 22.9. The van der Waals surface area contributed by atoms with E-state index < -0.39 is 0 Å². The summed E-state index contributed by atoms with van der Waals surface area (Å²) in [6.07, 6.45) is 5.67. The van der Waals surface area contributed by atoms with Gasteiger partial charge in [-0.05, 0) is 44.4 Å². The topological polar surface area (TPSA) is 103 Å². The van der Waals surface area contributed by atoms with Crippen LogP contribution < -0.4 is 20.1 Å². The van der Waals surface area contributed by atoms with Gasteiger partial charge < -0.3 is 24.9 Å². The van der Waals surface area contributed by atoms with E-state index in [1.165, 1.54) is 5.56 Å². The van der Waals surface area contributed by atoms with Gasteiger partial charge in [0.05, 0.1) is 30.4 Å². The van der Waals surface area contributed by atoms with E-state index in [9.17, 15) is 0 Å². The second kappa shape index (κ2) is 7.86. The van der Waals surface area contributed by atoms with Crippen molar-refractivity contribution in [1.82, 2.24) is 15.0 Å². The fourth-order valence-electron chi connectivity index (χ4n) is 3.87. The molecule has 1 saturated carbocycles. The molecule has 8 heteroatoms. The molecular formula is C23H25N5O3. The SMILES string of the molecule is C=O.Cc1ncc(N)c(N(C)c2ccc(Oc3ccc(C)c4c3C3(CC3)CO4)nc2)n1. The zero-order valence-corrected chi connectivity index (χ0v) is 17.9. The van der Waals surface area contributed by atoms with Crippen LogP contribution in [0, 0.1) is 13.8 Å². The van der Waals surface area contributed by atoms with Gasteiger partial charge >= 0.3 is 0 Å². The molecule has 1 spiro atoms. The van der Waals surface area contributed by atoms with Gasteiger partial charge in [-0.25, -0.2) is 15.0 Å². The van der Waals surface area contributed by atoms with Gasteiger partial charge in [0.1, 0.15) is 24.1 Å². The molecule has 3 heterocycles. The van der Waals surface area contributed by atoms with E-state index in [0.717, 1.165) is 42.2 Å². The summed E-state index contributed by atoms with van der Waals surface area (Å²) in [5, 5.41) is 0. The van der Waals surface area contributed by atoms with Crippen LogP contribution in [0.4, 0.5) is 17.2 Å². The average Bonchev–Trinajstić information content (AvgIpc) is 3.46. The number of aromatic nitrogens is 3. The molecule has 1 aliphatic heterocycles. The molecule has 0 bridgehead atoms. The van der Waals surface area contributed by atoms with Crippen molar-refractivity contribution < 1.29 is 14.3 Å². The highest BCUT2D eigenvalue weighted by Gasteiger charge is 2.53. The van der Waals surface area contributed by atoms with Crippen molar-refractivity contribution in [2.75, 3.05) is 24.3 Å². The van der Waals surface area contributed by atoms with Crippen molar-refractivity contribution in [3.05, 3.63) is 53.6 Å². The summed E-state index contributed by atoms with van der Waals surface area (Å²) >= 11 is 0. The third-order valence-electron chi connectivity index (χ3n) is 5.75. The van der Waals surface area contributed by atoms with Crippen molar-refractivity contribution in [3.63, 3.8) is 0 Å². The second-order valence-electron chi connectivity index (χ2n) is 7.87. The third-order valence-corrected chi connectivity index (χ3v) is 5.75. The molecule has 8 nitrogen and oxygen atoms in total. The van der Waals surface area contributed by atoms with Gasteiger partial charge in [-0.15, -0.1) is 0 Å². The Labute approximate surface area is 181 Å². The maximum Gasteiger partial charge on any atom is 0.219 e. The van der Waals surface area contributed by atoms with E-state index in [4.69, 9.17) is 20.0 Å². The number of benzene rings is 1. The van der Waals surface area contributed by atoms with Crippen molar-refractivity contribution >= 4 is 24.0 Å². The smallest absolute Gasteiger partial charge is 0.219 e. The van der Waals surface area contributed by atoms with E-state index >= 15 is 0 Å². The molecule has 1 fully saturated rings. The highest BCUT2D eigenvalue weighted by atomic mass is 16.5. The third kappa shape index (κ3) is 3.65. The molecule has 3 aromatic rings. The van der Waals surface area contributed by atoms with Crippen molar-refractivity contribution in [3.8, 4) is 17.4 Å². The van der Waals surface area contributed by atoms with E-state index in [1.54, 1.807) is 12.4 Å². The highest BCUT2D eigenvalue weighted by Crippen LogP contribution is 2.59. The average molecular weight is 419 g/mol. The van der Waals surface area contributed by atoms with Gasteiger partial charge in [0.2, 0.25) is 5.88 Å². The van der Waals surface area contributed by atoms with Crippen LogP contribution in [0.1, 0.15) is 29.8 Å². The van der Waals surface area contributed by atoms with Gasteiger partial charge in [0.25, 0.3) is 0 Å². The molecule has 0 saturated heterocycles. The number of carbonyl (C=O) groups is 1. The van der Waals surface area contributed by atoms with Crippen LogP contribution in [0.3, 0.4) is 0 Å². The molecule has 1 aromatic carbocycles. The Morgan fingerprint density at radius 2 is 1.90 bits per heavy atom. The number of pyridine rings is 1. The molecule has 2 aliphatic rings.